The Labute approximate surface area is 126 Å². The van der Waals surface area contributed by atoms with Gasteiger partial charge in [-0.25, -0.2) is 0 Å². The SMILES string of the molecule is OC1CCCN(C/C=C/c2ccccc2)c2ccccc21. The van der Waals surface area contributed by atoms with Gasteiger partial charge in [0.2, 0.25) is 0 Å². The van der Waals surface area contributed by atoms with E-state index in [4.69, 9.17) is 0 Å². The van der Waals surface area contributed by atoms with Crippen molar-refractivity contribution in [3.8, 4) is 0 Å². The highest BCUT2D eigenvalue weighted by molar-refractivity contribution is 5.57. The number of anilines is 1. The van der Waals surface area contributed by atoms with Gasteiger partial charge in [0.25, 0.3) is 0 Å². The third-order valence-electron chi connectivity index (χ3n) is 3.98. The Kier molecular flexibility index (Phi) is 4.37. The molecule has 1 heterocycles. The predicted molar refractivity (Wildman–Crippen MR) is 88.3 cm³/mol. The van der Waals surface area contributed by atoms with Crippen LogP contribution in [0.3, 0.4) is 0 Å². The summed E-state index contributed by atoms with van der Waals surface area (Å²) in [6.45, 7) is 1.87. The van der Waals surface area contributed by atoms with Crippen LogP contribution in [-0.4, -0.2) is 18.2 Å². The molecule has 0 radical (unpaired) electrons. The first kappa shape index (κ1) is 13.9. The maximum Gasteiger partial charge on any atom is 0.0810 e. The van der Waals surface area contributed by atoms with Gasteiger partial charge in [0.1, 0.15) is 0 Å². The van der Waals surface area contributed by atoms with Crippen LogP contribution in [0.5, 0.6) is 0 Å². The summed E-state index contributed by atoms with van der Waals surface area (Å²) >= 11 is 0. The van der Waals surface area contributed by atoms with E-state index in [1.165, 1.54) is 11.3 Å². The fourth-order valence-corrected chi connectivity index (χ4v) is 2.88. The van der Waals surface area contributed by atoms with Crippen molar-refractivity contribution in [1.29, 1.82) is 0 Å². The number of rotatable bonds is 3. The van der Waals surface area contributed by atoms with Crippen molar-refractivity contribution < 1.29 is 5.11 Å². The van der Waals surface area contributed by atoms with Gasteiger partial charge in [-0.05, 0) is 24.5 Å². The van der Waals surface area contributed by atoms with E-state index in [9.17, 15) is 5.11 Å². The topological polar surface area (TPSA) is 23.5 Å². The Bertz CT molecular complexity index is 606. The number of aliphatic hydroxyl groups excluding tert-OH is 1. The summed E-state index contributed by atoms with van der Waals surface area (Å²) in [5, 5.41) is 10.2. The smallest absolute Gasteiger partial charge is 0.0810 e. The van der Waals surface area contributed by atoms with Crippen LogP contribution in [-0.2, 0) is 0 Å². The maximum atomic E-state index is 10.2. The molecule has 0 aliphatic carbocycles. The third kappa shape index (κ3) is 3.34. The quantitative estimate of drug-likeness (QED) is 0.916. The average molecular weight is 279 g/mol. The number of benzene rings is 2. The first-order valence-corrected chi connectivity index (χ1v) is 7.58. The molecule has 1 aliphatic rings. The number of aliphatic hydroxyl groups is 1. The van der Waals surface area contributed by atoms with Gasteiger partial charge in [-0.3, -0.25) is 0 Å². The van der Waals surface area contributed by atoms with Crippen LogP contribution in [0, 0.1) is 0 Å². The van der Waals surface area contributed by atoms with Crippen molar-refractivity contribution in [1.82, 2.24) is 0 Å². The minimum Gasteiger partial charge on any atom is -0.388 e. The summed E-state index contributed by atoms with van der Waals surface area (Å²) in [4.78, 5) is 2.35. The van der Waals surface area contributed by atoms with E-state index >= 15 is 0 Å². The van der Waals surface area contributed by atoms with Crippen LogP contribution in [0.4, 0.5) is 5.69 Å². The average Bonchev–Trinajstić information content (AvgIpc) is 2.69. The van der Waals surface area contributed by atoms with E-state index in [0.29, 0.717) is 0 Å². The van der Waals surface area contributed by atoms with E-state index in [0.717, 1.165) is 31.5 Å². The molecule has 0 spiro atoms. The molecule has 1 N–H and O–H groups in total. The molecule has 0 saturated heterocycles. The summed E-state index contributed by atoms with van der Waals surface area (Å²) in [5.74, 6) is 0. The highest BCUT2D eigenvalue weighted by Crippen LogP contribution is 2.32. The summed E-state index contributed by atoms with van der Waals surface area (Å²) in [6, 6.07) is 18.6. The standard InChI is InChI=1S/C19H21NO/c21-19-13-7-15-20(18-12-5-4-11-17(18)19)14-6-10-16-8-2-1-3-9-16/h1-6,8-12,19,21H,7,13-15H2/b10-6+. The number of hydrogen-bond acceptors (Lipinski definition) is 2. The minimum absolute atomic E-state index is 0.329. The zero-order valence-electron chi connectivity index (χ0n) is 12.2. The largest absolute Gasteiger partial charge is 0.388 e. The summed E-state index contributed by atoms with van der Waals surface area (Å²) < 4.78 is 0. The van der Waals surface area contributed by atoms with Crippen molar-refractivity contribution in [3.63, 3.8) is 0 Å². The number of nitrogens with zero attached hydrogens (tertiary/aromatic N) is 1. The van der Waals surface area contributed by atoms with E-state index in [1.54, 1.807) is 0 Å². The molecular weight excluding hydrogens is 258 g/mol. The monoisotopic (exact) mass is 279 g/mol. The summed E-state index contributed by atoms with van der Waals surface area (Å²) in [5.41, 5.74) is 3.45. The van der Waals surface area contributed by atoms with Crippen LogP contribution in [0.1, 0.15) is 30.1 Å². The third-order valence-corrected chi connectivity index (χ3v) is 3.98. The van der Waals surface area contributed by atoms with Gasteiger partial charge >= 0.3 is 0 Å². The molecule has 0 bridgehead atoms. The Morgan fingerprint density at radius 3 is 2.67 bits per heavy atom. The van der Waals surface area contributed by atoms with Gasteiger partial charge < -0.3 is 10.0 Å². The molecule has 1 atom stereocenters. The van der Waals surface area contributed by atoms with Gasteiger partial charge in [-0.2, -0.15) is 0 Å². The highest BCUT2D eigenvalue weighted by Gasteiger charge is 2.19. The Balaban J connectivity index is 1.76. The van der Waals surface area contributed by atoms with Crippen molar-refractivity contribution in [3.05, 3.63) is 71.8 Å². The van der Waals surface area contributed by atoms with Crippen molar-refractivity contribution in [2.75, 3.05) is 18.0 Å². The van der Waals surface area contributed by atoms with Gasteiger partial charge in [0.15, 0.2) is 0 Å². The molecule has 3 rings (SSSR count). The fourth-order valence-electron chi connectivity index (χ4n) is 2.88. The van der Waals surface area contributed by atoms with Crippen LogP contribution >= 0.6 is 0 Å². The van der Waals surface area contributed by atoms with Gasteiger partial charge in [-0.1, -0.05) is 60.7 Å². The number of hydrogen-bond donors (Lipinski definition) is 1. The molecular formula is C19H21NO. The summed E-state index contributed by atoms with van der Waals surface area (Å²) in [7, 11) is 0. The predicted octanol–water partition coefficient (Wildman–Crippen LogP) is 4.03. The van der Waals surface area contributed by atoms with E-state index in [-0.39, 0.29) is 6.10 Å². The second-order valence-corrected chi connectivity index (χ2v) is 5.48. The molecule has 1 unspecified atom stereocenters. The molecule has 108 valence electrons. The fraction of sp³-hybridized carbons (Fsp3) is 0.263. The van der Waals surface area contributed by atoms with Gasteiger partial charge in [-0.15, -0.1) is 0 Å². The molecule has 0 amide bonds. The number of fused-ring (bicyclic) bond motifs is 1. The second kappa shape index (κ2) is 6.59. The van der Waals surface area contributed by atoms with Crippen LogP contribution < -0.4 is 4.90 Å². The van der Waals surface area contributed by atoms with Crippen molar-refractivity contribution in [2.45, 2.75) is 18.9 Å². The van der Waals surface area contributed by atoms with Crippen LogP contribution in [0.25, 0.3) is 6.08 Å². The molecule has 2 aromatic carbocycles. The van der Waals surface area contributed by atoms with Crippen LogP contribution in [0.2, 0.25) is 0 Å². The van der Waals surface area contributed by atoms with Crippen molar-refractivity contribution in [2.24, 2.45) is 0 Å². The molecule has 0 aromatic heterocycles. The molecule has 0 fully saturated rings. The zero-order chi connectivity index (χ0) is 14.5. The lowest BCUT2D eigenvalue weighted by Gasteiger charge is -2.23. The van der Waals surface area contributed by atoms with Gasteiger partial charge in [0, 0.05) is 24.3 Å². The van der Waals surface area contributed by atoms with Gasteiger partial charge in [0.05, 0.1) is 6.10 Å². The Hall–Kier alpha value is -2.06. The lowest BCUT2D eigenvalue weighted by atomic mass is 10.0. The normalized spacial score (nSPS) is 18.5. The molecule has 2 heteroatoms. The van der Waals surface area contributed by atoms with E-state index < -0.39 is 0 Å². The number of para-hydroxylation sites is 1. The maximum absolute atomic E-state index is 10.2. The lowest BCUT2D eigenvalue weighted by Crippen LogP contribution is -2.24. The first-order chi connectivity index (χ1) is 10.3. The Morgan fingerprint density at radius 1 is 1.05 bits per heavy atom. The Morgan fingerprint density at radius 2 is 1.81 bits per heavy atom. The molecule has 1 aliphatic heterocycles. The molecule has 2 aromatic rings. The van der Waals surface area contributed by atoms with Crippen molar-refractivity contribution >= 4 is 11.8 Å². The van der Waals surface area contributed by atoms with E-state index in [1.807, 2.05) is 24.3 Å². The minimum atomic E-state index is -0.329. The molecule has 2 nitrogen and oxygen atoms in total. The lowest BCUT2D eigenvalue weighted by molar-refractivity contribution is 0.168. The zero-order valence-corrected chi connectivity index (χ0v) is 12.2. The second-order valence-electron chi connectivity index (χ2n) is 5.48. The molecule has 21 heavy (non-hydrogen) atoms. The molecule has 0 saturated carbocycles. The highest BCUT2D eigenvalue weighted by atomic mass is 16.3. The summed E-state index contributed by atoms with van der Waals surface area (Å²) in [6.07, 6.45) is 5.89. The van der Waals surface area contributed by atoms with E-state index in [2.05, 4.69) is 47.4 Å². The first-order valence-electron chi connectivity index (χ1n) is 7.58. The van der Waals surface area contributed by atoms with Crippen LogP contribution in [0.15, 0.2) is 60.7 Å².